The zero-order valence-corrected chi connectivity index (χ0v) is 23.7. The molecule has 5 aromatic rings. The van der Waals surface area contributed by atoms with Gasteiger partial charge in [-0.15, -0.1) is 0 Å². The zero-order valence-electron chi connectivity index (χ0n) is 22.1. The van der Waals surface area contributed by atoms with E-state index in [-0.39, 0.29) is 27.8 Å². The molecule has 0 saturated carbocycles. The van der Waals surface area contributed by atoms with Crippen LogP contribution in [0.5, 0.6) is 0 Å². The molecule has 3 aromatic heterocycles. The lowest BCUT2D eigenvalue weighted by molar-refractivity contribution is 0.0696. The van der Waals surface area contributed by atoms with E-state index in [1.807, 2.05) is 31.2 Å². The molecule has 12 heteroatoms. The summed E-state index contributed by atoms with van der Waals surface area (Å²) in [6.07, 6.45) is 4.00. The second kappa shape index (κ2) is 10.5. The van der Waals surface area contributed by atoms with Gasteiger partial charge >= 0.3 is 5.97 Å². The van der Waals surface area contributed by atoms with Crippen LogP contribution in [0.25, 0.3) is 27.7 Å². The number of halogens is 2. The Kier molecular flexibility index (Phi) is 7.18. The number of anilines is 2. The van der Waals surface area contributed by atoms with Crippen molar-refractivity contribution in [1.29, 1.82) is 0 Å². The third-order valence-corrected chi connectivity index (χ3v) is 7.68. The molecule has 0 radical (unpaired) electrons. The van der Waals surface area contributed by atoms with Gasteiger partial charge in [0.1, 0.15) is 11.3 Å². The number of carboxylic acid groups (broad SMARTS) is 1. The van der Waals surface area contributed by atoms with Gasteiger partial charge in [-0.2, -0.15) is 0 Å². The predicted molar refractivity (Wildman–Crippen MR) is 157 cm³/mol. The van der Waals surface area contributed by atoms with Crippen molar-refractivity contribution in [3.63, 3.8) is 0 Å². The Bertz CT molecular complexity index is 2020. The fourth-order valence-corrected chi connectivity index (χ4v) is 5.69. The minimum atomic E-state index is -3.60. The lowest BCUT2D eigenvalue weighted by Gasteiger charge is -2.19. The average molecular weight is 595 g/mol. The number of benzene rings is 2. The largest absolute Gasteiger partial charge is 0.478 e. The molecule has 2 N–H and O–H groups in total. The molecule has 2 aromatic carbocycles. The lowest BCUT2D eigenvalue weighted by atomic mass is 9.97. The number of sulfone groups is 1. The highest BCUT2D eigenvalue weighted by Gasteiger charge is 2.23. The van der Waals surface area contributed by atoms with E-state index >= 15 is 0 Å². The molecule has 0 aliphatic carbocycles. The Labute approximate surface area is 239 Å². The number of aromatic carboxylic acids is 1. The number of aromatic nitrogens is 3. The fraction of sp³-hybridized carbons (Fsp3) is 0.138. The molecule has 0 aliphatic rings. The molecule has 0 amide bonds. The Balaban J connectivity index is 1.85. The molecule has 0 aliphatic heterocycles. The smallest absolute Gasteiger partial charge is 0.335 e. The first-order valence-corrected chi connectivity index (χ1v) is 14.7. The van der Waals surface area contributed by atoms with Gasteiger partial charge in [-0.1, -0.05) is 35.4 Å². The van der Waals surface area contributed by atoms with Crippen LogP contribution in [0.1, 0.15) is 21.5 Å². The highest BCUT2D eigenvalue weighted by Crippen LogP contribution is 2.38. The van der Waals surface area contributed by atoms with Crippen LogP contribution in [-0.2, 0) is 22.6 Å². The van der Waals surface area contributed by atoms with Gasteiger partial charge in [0.05, 0.1) is 16.3 Å². The maximum atomic E-state index is 14.8. The number of carboxylic acids is 1. The number of fused-ring (bicyclic) bond motifs is 1. The number of rotatable bonds is 7. The maximum absolute atomic E-state index is 14.8. The van der Waals surface area contributed by atoms with Gasteiger partial charge in [0.2, 0.25) is 0 Å². The molecule has 210 valence electrons. The molecular weight excluding hydrogens is 571 g/mol. The number of hydrogen-bond acceptors (Lipinski definition) is 6. The molecule has 0 bridgehead atoms. The van der Waals surface area contributed by atoms with E-state index in [1.165, 1.54) is 36.0 Å². The average Bonchev–Trinajstić information content (AvgIpc) is 3.33. The molecule has 0 unspecified atom stereocenters. The van der Waals surface area contributed by atoms with E-state index in [1.54, 1.807) is 16.8 Å². The van der Waals surface area contributed by atoms with Gasteiger partial charge in [0, 0.05) is 42.3 Å². The second-order valence-electron chi connectivity index (χ2n) is 9.73. The van der Waals surface area contributed by atoms with Crippen LogP contribution in [0.4, 0.5) is 16.0 Å². The fourth-order valence-electron chi connectivity index (χ4n) is 4.75. The molecule has 9 nitrogen and oxygen atoms in total. The van der Waals surface area contributed by atoms with Gasteiger partial charge in [0.15, 0.2) is 21.5 Å². The predicted octanol–water partition coefficient (Wildman–Crippen LogP) is 5.48. The molecule has 41 heavy (non-hydrogen) atoms. The standard InChI is InChI=1S/C29H24ClFN4O5S/c1-16-4-7-20(8-5-16)35-11-10-22-24(17-6-9-21(29(37)38)18(12-17)15-41(3,39)40)27(34(2)28(36)25(22)35)33-26-23(31)13-19(30)14-32-26/h4-14H,15H2,1-3H3,(H,32,33)(H,37,38). The van der Waals surface area contributed by atoms with Crippen molar-refractivity contribution in [1.82, 2.24) is 14.1 Å². The monoisotopic (exact) mass is 594 g/mol. The number of aryl methyl sites for hydroxylation is 1. The Hall–Kier alpha value is -4.48. The number of nitrogens with one attached hydrogen (secondary N) is 1. The van der Waals surface area contributed by atoms with E-state index in [0.717, 1.165) is 23.6 Å². The van der Waals surface area contributed by atoms with Gasteiger partial charge in [-0.3, -0.25) is 9.36 Å². The van der Waals surface area contributed by atoms with Gasteiger partial charge in [-0.05, 0) is 54.4 Å². The summed E-state index contributed by atoms with van der Waals surface area (Å²) in [4.78, 5) is 29.7. The van der Waals surface area contributed by atoms with Crippen LogP contribution in [0.3, 0.4) is 0 Å². The van der Waals surface area contributed by atoms with Crippen LogP contribution >= 0.6 is 11.6 Å². The van der Waals surface area contributed by atoms with Crippen molar-refractivity contribution in [3.8, 4) is 16.8 Å². The van der Waals surface area contributed by atoms with Crippen molar-refractivity contribution in [2.75, 3.05) is 11.6 Å². The van der Waals surface area contributed by atoms with E-state index in [4.69, 9.17) is 11.6 Å². The molecule has 0 fully saturated rings. The second-order valence-corrected chi connectivity index (χ2v) is 12.3. The van der Waals surface area contributed by atoms with Gasteiger partial charge in [0.25, 0.3) is 5.56 Å². The number of hydrogen-bond donors (Lipinski definition) is 2. The number of carbonyl (C=O) groups is 1. The molecule has 0 saturated heterocycles. The van der Waals surface area contributed by atoms with E-state index < -0.39 is 32.9 Å². The van der Waals surface area contributed by atoms with Crippen LogP contribution in [0, 0.1) is 12.7 Å². The normalized spacial score (nSPS) is 11.6. The minimum absolute atomic E-state index is 0.0687. The van der Waals surface area contributed by atoms with Crippen molar-refractivity contribution in [3.05, 3.63) is 105 Å². The molecule has 0 atom stereocenters. The Morgan fingerprint density at radius 2 is 1.83 bits per heavy atom. The first-order valence-electron chi connectivity index (χ1n) is 12.3. The summed E-state index contributed by atoms with van der Waals surface area (Å²) in [5.74, 6) is -2.59. The Morgan fingerprint density at radius 3 is 2.46 bits per heavy atom. The van der Waals surface area contributed by atoms with Crippen molar-refractivity contribution in [2.24, 2.45) is 7.05 Å². The van der Waals surface area contributed by atoms with E-state index in [9.17, 15) is 27.5 Å². The van der Waals surface area contributed by atoms with Gasteiger partial charge < -0.3 is 15.0 Å². The molecule has 0 spiro atoms. The first-order chi connectivity index (χ1) is 19.3. The van der Waals surface area contributed by atoms with E-state index in [2.05, 4.69) is 10.3 Å². The highest BCUT2D eigenvalue weighted by atomic mass is 35.5. The first kappa shape index (κ1) is 28.1. The van der Waals surface area contributed by atoms with Crippen molar-refractivity contribution < 1.29 is 22.7 Å². The number of nitrogens with zero attached hydrogens (tertiary/aromatic N) is 3. The van der Waals surface area contributed by atoms with Crippen molar-refractivity contribution in [2.45, 2.75) is 12.7 Å². The molecule has 5 rings (SSSR count). The summed E-state index contributed by atoms with van der Waals surface area (Å²) in [7, 11) is -2.09. The minimum Gasteiger partial charge on any atom is -0.478 e. The topological polar surface area (TPSA) is 123 Å². The van der Waals surface area contributed by atoms with Crippen LogP contribution < -0.4 is 10.9 Å². The molecular formula is C29H24ClFN4O5S. The third-order valence-electron chi connectivity index (χ3n) is 6.63. The SMILES string of the molecule is Cc1ccc(-n2ccc3c(-c4ccc(C(=O)O)c(CS(C)(=O)=O)c4)c(Nc4ncc(Cl)cc4F)n(C)c(=O)c32)cc1. The molecule has 3 heterocycles. The summed E-state index contributed by atoms with van der Waals surface area (Å²) >= 11 is 5.88. The Morgan fingerprint density at radius 1 is 1.12 bits per heavy atom. The van der Waals surface area contributed by atoms with Crippen molar-refractivity contribution >= 4 is 49.9 Å². The number of pyridine rings is 2. The summed E-state index contributed by atoms with van der Waals surface area (Å²) in [6.45, 7) is 1.95. The van der Waals surface area contributed by atoms with E-state index in [0.29, 0.717) is 22.0 Å². The summed E-state index contributed by atoms with van der Waals surface area (Å²) in [5, 5.41) is 13.2. The van der Waals surface area contributed by atoms with Gasteiger partial charge in [-0.25, -0.2) is 22.6 Å². The summed E-state index contributed by atoms with van der Waals surface area (Å²) in [6, 6.07) is 14.7. The summed E-state index contributed by atoms with van der Waals surface area (Å²) in [5.41, 5.74) is 2.41. The van der Waals surface area contributed by atoms with Crippen LogP contribution in [-0.4, -0.2) is 39.9 Å². The highest BCUT2D eigenvalue weighted by molar-refractivity contribution is 7.89. The third kappa shape index (κ3) is 5.46. The maximum Gasteiger partial charge on any atom is 0.335 e. The quantitative estimate of drug-likeness (QED) is 0.256. The lowest BCUT2D eigenvalue weighted by Crippen LogP contribution is -2.23. The zero-order chi connectivity index (χ0) is 29.6. The van der Waals surface area contributed by atoms with Crippen LogP contribution in [0.15, 0.2) is 71.8 Å². The van der Waals surface area contributed by atoms with Crippen LogP contribution in [0.2, 0.25) is 5.02 Å². The summed E-state index contributed by atoms with van der Waals surface area (Å²) < 4.78 is 42.2.